The number of carboxylic acids is 1. The monoisotopic (exact) mass is 457 g/mol. The first-order valence-electron chi connectivity index (χ1n) is 11.3. The first kappa shape index (κ1) is 23.1. The van der Waals surface area contributed by atoms with E-state index in [0.29, 0.717) is 36.8 Å². The summed E-state index contributed by atoms with van der Waals surface area (Å²) in [5.41, 5.74) is 4.10. The highest BCUT2D eigenvalue weighted by atomic mass is 16.5. The van der Waals surface area contributed by atoms with Crippen molar-refractivity contribution in [2.45, 2.75) is 32.8 Å². The van der Waals surface area contributed by atoms with Gasteiger partial charge in [-0.2, -0.15) is 0 Å². The van der Waals surface area contributed by atoms with Crippen molar-refractivity contribution in [2.75, 3.05) is 6.61 Å². The van der Waals surface area contributed by atoms with Crippen molar-refractivity contribution in [1.29, 1.82) is 0 Å². The fourth-order valence-corrected chi connectivity index (χ4v) is 3.57. The normalized spacial score (nSPS) is 11.7. The summed E-state index contributed by atoms with van der Waals surface area (Å²) < 4.78 is 17.2. The van der Waals surface area contributed by atoms with E-state index in [1.165, 1.54) is 5.56 Å². The Morgan fingerprint density at radius 3 is 2.18 bits per heavy atom. The van der Waals surface area contributed by atoms with E-state index in [9.17, 15) is 4.79 Å². The first-order valence-corrected chi connectivity index (χ1v) is 11.3. The van der Waals surface area contributed by atoms with Crippen molar-refractivity contribution >= 4 is 5.97 Å². The van der Waals surface area contributed by atoms with Crippen LogP contribution in [0.5, 0.6) is 11.5 Å². The minimum atomic E-state index is -0.975. The number of ether oxygens (including phenoxy) is 2. The van der Waals surface area contributed by atoms with Gasteiger partial charge in [-0.25, -0.2) is 9.78 Å². The second kappa shape index (κ2) is 10.7. The number of benzene rings is 3. The fraction of sp³-hybridized carbons (Fsp3) is 0.214. The van der Waals surface area contributed by atoms with E-state index >= 15 is 0 Å². The number of rotatable bonds is 10. The van der Waals surface area contributed by atoms with Crippen LogP contribution in [-0.2, 0) is 11.2 Å². The van der Waals surface area contributed by atoms with E-state index in [-0.39, 0.29) is 0 Å². The molecule has 3 aromatic carbocycles. The quantitative estimate of drug-likeness (QED) is 0.306. The van der Waals surface area contributed by atoms with Gasteiger partial charge in [0.1, 0.15) is 17.3 Å². The van der Waals surface area contributed by atoms with Gasteiger partial charge in [0.2, 0.25) is 5.89 Å². The Bertz CT molecular complexity index is 1210. The Labute approximate surface area is 198 Å². The molecule has 0 radical (unpaired) electrons. The highest BCUT2D eigenvalue weighted by Gasteiger charge is 2.16. The molecule has 0 amide bonds. The van der Waals surface area contributed by atoms with Crippen molar-refractivity contribution < 1.29 is 23.8 Å². The lowest BCUT2D eigenvalue weighted by molar-refractivity contribution is -0.145. The molecule has 0 spiro atoms. The maximum atomic E-state index is 11.1. The largest absolute Gasteiger partial charge is 0.493 e. The molecule has 1 heterocycles. The molecule has 1 aromatic heterocycles. The van der Waals surface area contributed by atoms with Crippen molar-refractivity contribution in [3.63, 3.8) is 0 Å². The summed E-state index contributed by atoms with van der Waals surface area (Å²) in [4.78, 5) is 15.8. The highest BCUT2D eigenvalue weighted by molar-refractivity contribution is 5.72. The van der Waals surface area contributed by atoms with E-state index in [1.54, 1.807) is 31.2 Å². The molecule has 0 bridgehead atoms. The Morgan fingerprint density at radius 1 is 0.912 bits per heavy atom. The van der Waals surface area contributed by atoms with Crippen LogP contribution in [0.4, 0.5) is 0 Å². The van der Waals surface area contributed by atoms with Crippen LogP contribution in [0.25, 0.3) is 22.6 Å². The van der Waals surface area contributed by atoms with Gasteiger partial charge in [0.05, 0.1) is 12.3 Å². The van der Waals surface area contributed by atoms with Crippen LogP contribution in [0, 0.1) is 6.92 Å². The average Bonchev–Trinajstić information content (AvgIpc) is 3.24. The highest BCUT2D eigenvalue weighted by Crippen LogP contribution is 2.26. The molecule has 0 saturated carbocycles. The smallest absolute Gasteiger partial charge is 0.344 e. The minimum Gasteiger partial charge on any atom is -0.493 e. The van der Waals surface area contributed by atoms with Crippen LogP contribution in [0.3, 0.4) is 0 Å². The number of nitrogens with zero attached hydrogens (tertiary/aromatic N) is 1. The Morgan fingerprint density at radius 2 is 1.53 bits per heavy atom. The predicted octanol–water partition coefficient (Wildman–Crippen LogP) is 6.18. The second-order valence-electron chi connectivity index (χ2n) is 7.89. The molecule has 4 aromatic rings. The zero-order chi connectivity index (χ0) is 23.9. The number of aromatic nitrogens is 1. The van der Waals surface area contributed by atoms with Crippen molar-refractivity contribution in [2.24, 2.45) is 0 Å². The zero-order valence-electron chi connectivity index (χ0n) is 19.2. The third-order valence-electron chi connectivity index (χ3n) is 5.49. The molecular weight excluding hydrogens is 430 g/mol. The van der Waals surface area contributed by atoms with Gasteiger partial charge >= 0.3 is 5.97 Å². The third-order valence-corrected chi connectivity index (χ3v) is 5.49. The molecule has 0 fully saturated rings. The summed E-state index contributed by atoms with van der Waals surface area (Å²) in [5.74, 6) is 1.56. The SMILES string of the molecule is CCC(Oc1ccc(OCCc2nc(-c3ccc(-c4ccccc4)cc3)oc2C)cc1)C(=O)O. The van der Waals surface area contributed by atoms with Crippen LogP contribution >= 0.6 is 0 Å². The van der Waals surface area contributed by atoms with Gasteiger partial charge in [-0.3, -0.25) is 0 Å². The molecule has 6 heteroatoms. The Hall–Kier alpha value is -4.06. The predicted molar refractivity (Wildman–Crippen MR) is 130 cm³/mol. The lowest BCUT2D eigenvalue weighted by Gasteiger charge is -2.13. The van der Waals surface area contributed by atoms with Gasteiger partial charge in [0.25, 0.3) is 0 Å². The van der Waals surface area contributed by atoms with Gasteiger partial charge < -0.3 is 19.0 Å². The van der Waals surface area contributed by atoms with Gasteiger partial charge in [-0.05, 0) is 60.9 Å². The topological polar surface area (TPSA) is 81.8 Å². The number of hydrogen-bond acceptors (Lipinski definition) is 5. The summed E-state index contributed by atoms with van der Waals surface area (Å²) in [5, 5.41) is 9.11. The van der Waals surface area contributed by atoms with Gasteiger partial charge in [0.15, 0.2) is 6.10 Å². The summed E-state index contributed by atoms with van der Waals surface area (Å²) >= 11 is 0. The molecular formula is C28H27NO5. The molecule has 0 aliphatic heterocycles. The van der Waals surface area contributed by atoms with E-state index in [2.05, 4.69) is 29.2 Å². The van der Waals surface area contributed by atoms with Crippen LogP contribution < -0.4 is 9.47 Å². The summed E-state index contributed by atoms with van der Waals surface area (Å²) in [6.45, 7) is 4.11. The number of aliphatic carboxylic acids is 1. The van der Waals surface area contributed by atoms with Crippen LogP contribution in [0.15, 0.2) is 83.3 Å². The summed E-state index contributed by atoms with van der Waals surface area (Å²) in [7, 11) is 0. The van der Waals surface area contributed by atoms with Crippen LogP contribution in [-0.4, -0.2) is 28.8 Å². The standard InChI is InChI=1S/C28H27NO5/c1-3-26(28(30)31)34-24-15-13-23(14-16-24)32-18-17-25-19(2)33-27(29-25)22-11-9-21(10-12-22)20-7-5-4-6-8-20/h4-16,26H,3,17-18H2,1-2H3,(H,30,31). The lowest BCUT2D eigenvalue weighted by Crippen LogP contribution is -2.25. The molecule has 34 heavy (non-hydrogen) atoms. The van der Waals surface area contributed by atoms with E-state index in [1.807, 2.05) is 37.3 Å². The molecule has 4 rings (SSSR count). The van der Waals surface area contributed by atoms with Crippen LogP contribution in [0.1, 0.15) is 24.8 Å². The number of oxazole rings is 1. The maximum Gasteiger partial charge on any atom is 0.344 e. The summed E-state index contributed by atoms with van der Waals surface area (Å²) in [6.07, 6.45) is 0.141. The molecule has 0 aliphatic rings. The lowest BCUT2D eigenvalue weighted by atomic mass is 10.0. The Balaban J connectivity index is 1.33. The average molecular weight is 458 g/mol. The minimum absolute atomic E-state index is 0.393. The molecule has 0 saturated heterocycles. The Kier molecular flexibility index (Phi) is 7.28. The first-order chi connectivity index (χ1) is 16.5. The van der Waals surface area contributed by atoms with Crippen LogP contribution in [0.2, 0.25) is 0 Å². The van der Waals surface area contributed by atoms with Gasteiger partial charge in [0, 0.05) is 12.0 Å². The molecule has 0 aliphatic carbocycles. The molecule has 1 unspecified atom stereocenters. The van der Waals surface area contributed by atoms with Crippen molar-refractivity contribution in [3.05, 3.63) is 90.3 Å². The van der Waals surface area contributed by atoms with E-state index < -0.39 is 12.1 Å². The van der Waals surface area contributed by atoms with E-state index in [0.717, 1.165) is 22.6 Å². The molecule has 6 nitrogen and oxygen atoms in total. The van der Waals surface area contributed by atoms with Gasteiger partial charge in [-0.1, -0.05) is 49.4 Å². The molecule has 1 N–H and O–H groups in total. The molecule has 174 valence electrons. The second-order valence-corrected chi connectivity index (χ2v) is 7.89. The zero-order valence-corrected chi connectivity index (χ0v) is 19.2. The van der Waals surface area contributed by atoms with Crippen molar-refractivity contribution in [1.82, 2.24) is 4.98 Å². The summed E-state index contributed by atoms with van der Waals surface area (Å²) in [6, 6.07) is 25.3. The number of aryl methyl sites for hydroxylation is 1. The molecule has 1 atom stereocenters. The van der Waals surface area contributed by atoms with E-state index in [4.69, 9.17) is 19.0 Å². The number of hydrogen-bond donors (Lipinski definition) is 1. The maximum absolute atomic E-state index is 11.1. The van der Waals surface area contributed by atoms with Gasteiger partial charge in [-0.15, -0.1) is 0 Å². The van der Waals surface area contributed by atoms with Crippen molar-refractivity contribution in [3.8, 4) is 34.1 Å². The third kappa shape index (κ3) is 5.64. The fourth-order valence-electron chi connectivity index (χ4n) is 3.57. The number of carboxylic acid groups (broad SMARTS) is 1. The number of carbonyl (C=O) groups is 1.